The van der Waals surface area contributed by atoms with Crippen molar-refractivity contribution in [1.29, 1.82) is 0 Å². The Kier molecular flexibility index (Phi) is 5.69. The Morgan fingerprint density at radius 3 is 2.89 bits per heavy atom. The molecule has 1 aliphatic carbocycles. The third-order valence-corrected chi connectivity index (χ3v) is 7.00. The van der Waals surface area contributed by atoms with E-state index in [0.29, 0.717) is 17.3 Å². The van der Waals surface area contributed by atoms with Gasteiger partial charge in [-0.15, -0.1) is 11.3 Å². The van der Waals surface area contributed by atoms with Crippen molar-refractivity contribution in [1.82, 2.24) is 0 Å². The Morgan fingerprint density at radius 2 is 2.07 bits per heavy atom. The summed E-state index contributed by atoms with van der Waals surface area (Å²) < 4.78 is 5.36. The van der Waals surface area contributed by atoms with E-state index >= 15 is 0 Å². The molecule has 2 aromatic rings. The van der Waals surface area contributed by atoms with Crippen molar-refractivity contribution in [3.63, 3.8) is 0 Å². The Morgan fingerprint density at radius 1 is 1.25 bits per heavy atom. The third kappa shape index (κ3) is 3.67. The number of nitrogens with one attached hydrogen (secondary N) is 1. The smallest absolute Gasteiger partial charge is 0.341 e. The van der Waals surface area contributed by atoms with Crippen LogP contribution in [0.3, 0.4) is 0 Å². The van der Waals surface area contributed by atoms with Gasteiger partial charge in [-0.3, -0.25) is 0 Å². The summed E-state index contributed by atoms with van der Waals surface area (Å²) in [4.78, 5) is 16.1. The summed E-state index contributed by atoms with van der Waals surface area (Å²) in [5, 5.41) is 4.91. The summed E-state index contributed by atoms with van der Waals surface area (Å²) >= 11 is 7.45. The average Bonchev–Trinajstić information content (AvgIpc) is 3.05. The van der Waals surface area contributed by atoms with Crippen LogP contribution in [0, 0.1) is 6.92 Å². The zero-order valence-electron chi connectivity index (χ0n) is 16.5. The lowest BCUT2D eigenvalue weighted by Gasteiger charge is -2.32. The molecule has 2 heterocycles. The summed E-state index contributed by atoms with van der Waals surface area (Å²) in [6.07, 6.45) is 6.44. The van der Waals surface area contributed by atoms with E-state index < -0.39 is 0 Å². The highest BCUT2D eigenvalue weighted by Crippen LogP contribution is 2.39. The minimum Gasteiger partial charge on any atom is -0.462 e. The number of thiocarbonyl (C=S) groups is 1. The van der Waals surface area contributed by atoms with Gasteiger partial charge in [-0.2, -0.15) is 0 Å². The molecule has 2 aliphatic rings. The molecule has 1 N–H and O–H groups in total. The Labute approximate surface area is 175 Å². The van der Waals surface area contributed by atoms with Gasteiger partial charge in [0.05, 0.1) is 12.2 Å². The molecule has 4 nitrogen and oxygen atoms in total. The van der Waals surface area contributed by atoms with Gasteiger partial charge in [0.15, 0.2) is 5.11 Å². The van der Waals surface area contributed by atoms with Gasteiger partial charge in [0.25, 0.3) is 0 Å². The predicted molar refractivity (Wildman–Crippen MR) is 120 cm³/mol. The number of anilines is 2. The third-order valence-electron chi connectivity index (χ3n) is 5.47. The summed E-state index contributed by atoms with van der Waals surface area (Å²) in [6.45, 7) is 5.24. The van der Waals surface area contributed by atoms with Crippen LogP contribution in [-0.2, 0) is 24.0 Å². The molecule has 0 spiro atoms. The number of esters is 1. The maximum Gasteiger partial charge on any atom is 0.341 e. The molecule has 1 aromatic heterocycles. The van der Waals surface area contributed by atoms with Crippen LogP contribution in [0.2, 0.25) is 0 Å². The SMILES string of the molecule is CCOC(=O)c1c(NC(=S)N2CCCc3cc(C)ccc32)sc2c1CCCC2. The molecule has 148 valence electrons. The Bertz CT molecular complexity index is 920. The fourth-order valence-corrected chi connectivity index (χ4v) is 5.81. The van der Waals surface area contributed by atoms with Gasteiger partial charge >= 0.3 is 5.97 Å². The van der Waals surface area contributed by atoms with Gasteiger partial charge in [-0.1, -0.05) is 17.7 Å². The minimum atomic E-state index is -0.234. The van der Waals surface area contributed by atoms with Crippen molar-refractivity contribution in [2.24, 2.45) is 0 Å². The first kappa shape index (κ1) is 19.4. The zero-order chi connectivity index (χ0) is 19.7. The molecule has 0 fully saturated rings. The van der Waals surface area contributed by atoms with Gasteiger partial charge in [-0.25, -0.2) is 4.79 Å². The van der Waals surface area contributed by atoms with Crippen LogP contribution < -0.4 is 10.2 Å². The molecule has 0 radical (unpaired) electrons. The van der Waals surface area contributed by atoms with Crippen LogP contribution in [0.15, 0.2) is 18.2 Å². The maximum absolute atomic E-state index is 12.7. The molecule has 4 rings (SSSR count). The highest BCUT2D eigenvalue weighted by atomic mass is 32.1. The van der Waals surface area contributed by atoms with E-state index in [1.165, 1.54) is 28.1 Å². The van der Waals surface area contributed by atoms with Crippen molar-refractivity contribution in [2.45, 2.75) is 52.4 Å². The number of ether oxygens (including phenoxy) is 1. The number of carbonyl (C=O) groups is 1. The fourth-order valence-electron chi connectivity index (χ4n) is 4.17. The van der Waals surface area contributed by atoms with E-state index in [9.17, 15) is 4.79 Å². The first-order valence-electron chi connectivity index (χ1n) is 10.1. The summed E-state index contributed by atoms with van der Waals surface area (Å²) in [5.74, 6) is -0.234. The number of benzene rings is 1. The number of hydrogen-bond donors (Lipinski definition) is 1. The Hall–Kier alpha value is -1.92. The van der Waals surface area contributed by atoms with E-state index in [1.807, 2.05) is 6.92 Å². The summed E-state index contributed by atoms with van der Waals surface area (Å²) in [7, 11) is 0. The first-order valence-corrected chi connectivity index (χ1v) is 11.3. The van der Waals surface area contributed by atoms with Gasteiger partial charge in [0.1, 0.15) is 5.00 Å². The zero-order valence-corrected chi connectivity index (χ0v) is 18.1. The van der Waals surface area contributed by atoms with E-state index in [0.717, 1.165) is 49.2 Å². The van der Waals surface area contributed by atoms with Crippen LogP contribution in [0.4, 0.5) is 10.7 Å². The van der Waals surface area contributed by atoms with Crippen LogP contribution in [0.1, 0.15) is 58.1 Å². The second kappa shape index (κ2) is 8.21. The van der Waals surface area contributed by atoms with Gasteiger partial charge in [0, 0.05) is 17.1 Å². The van der Waals surface area contributed by atoms with Crippen molar-refractivity contribution in [2.75, 3.05) is 23.4 Å². The number of fused-ring (bicyclic) bond motifs is 2. The molecule has 0 unspecified atom stereocenters. The van der Waals surface area contributed by atoms with Crippen molar-refractivity contribution >= 4 is 45.3 Å². The molecule has 1 aliphatic heterocycles. The van der Waals surface area contributed by atoms with Crippen LogP contribution in [-0.4, -0.2) is 24.2 Å². The van der Waals surface area contributed by atoms with Crippen LogP contribution >= 0.6 is 23.6 Å². The van der Waals surface area contributed by atoms with Crippen LogP contribution in [0.25, 0.3) is 0 Å². The van der Waals surface area contributed by atoms with E-state index in [1.54, 1.807) is 11.3 Å². The summed E-state index contributed by atoms with van der Waals surface area (Å²) in [6, 6.07) is 6.54. The normalized spacial score (nSPS) is 15.6. The molecule has 0 saturated heterocycles. The molecule has 6 heteroatoms. The van der Waals surface area contributed by atoms with Crippen LogP contribution in [0.5, 0.6) is 0 Å². The summed E-state index contributed by atoms with van der Waals surface area (Å²) in [5.41, 5.74) is 5.65. The topological polar surface area (TPSA) is 41.6 Å². The number of aryl methyl sites for hydroxylation is 3. The molecule has 0 bridgehead atoms. The number of nitrogens with zero attached hydrogens (tertiary/aromatic N) is 1. The standard InChI is InChI=1S/C22H26N2O2S2/c1-3-26-21(25)19-16-8-4-5-9-18(16)28-20(19)23-22(27)24-12-6-7-15-13-14(2)10-11-17(15)24/h10-11,13H,3-9,12H2,1-2H3,(H,23,27). The average molecular weight is 415 g/mol. The molecule has 28 heavy (non-hydrogen) atoms. The quantitative estimate of drug-likeness (QED) is 0.548. The lowest BCUT2D eigenvalue weighted by molar-refractivity contribution is 0.0526. The lowest BCUT2D eigenvalue weighted by atomic mass is 9.95. The largest absolute Gasteiger partial charge is 0.462 e. The van der Waals surface area contributed by atoms with Gasteiger partial charge in [-0.05, 0) is 81.8 Å². The monoisotopic (exact) mass is 414 g/mol. The molecule has 0 amide bonds. The predicted octanol–water partition coefficient (Wildman–Crippen LogP) is 5.26. The van der Waals surface area contributed by atoms with E-state index in [4.69, 9.17) is 17.0 Å². The second-order valence-corrected chi connectivity index (χ2v) is 8.94. The highest BCUT2D eigenvalue weighted by Gasteiger charge is 2.28. The second-order valence-electron chi connectivity index (χ2n) is 7.45. The molecular formula is C22H26N2O2S2. The Balaban J connectivity index is 1.64. The van der Waals surface area contributed by atoms with Gasteiger partial charge in [0.2, 0.25) is 0 Å². The fraction of sp³-hybridized carbons (Fsp3) is 0.455. The van der Waals surface area contributed by atoms with E-state index in [2.05, 4.69) is 35.3 Å². The molecular weight excluding hydrogens is 388 g/mol. The lowest BCUT2D eigenvalue weighted by Crippen LogP contribution is -2.38. The molecule has 1 aromatic carbocycles. The minimum absolute atomic E-state index is 0.234. The number of rotatable bonds is 3. The van der Waals surface area contributed by atoms with Crippen molar-refractivity contribution in [3.8, 4) is 0 Å². The number of thiophene rings is 1. The van der Waals surface area contributed by atoms with Gasteiger partial charge < -0.3 is 15.0 Å². The van der Waals surface area contributed by atoms with Crippen molar-refractivity contribution < 1.29 is 9.53 Å². The molecule has 0 atom stereocenters. The van der Waals surface area contributed by atoms with E-state index in [-0.39, 0.29) is 5.97 Å². The highest BCUT2D eigenvalue weighted by molar-refractivity contribution is 7.80. The maximum atomic E-state index is 12.7. The number of carbonyl (C=O) groups excluding carboxylic acids is 1. The number of hydrogen-bond acceptors (Lipinski definition) is 4. The molecule has 0 saturated carbocycles. The van der Waals surface area contributed by atoms with Crippen molar-refractivity contribution in [3.05, 3.63) is 45.3 Å². The first-order chi connectivity index (χ1) is 13.6.